The van der Waals surface area contributed by atoms with Gasteiger partial charge in [-0.2, -0.15) is 0 Å². The summed E-state index contributed by atoms with van der Waals surface area (Å²) >= 11 is 0. The second-order valence-corrected chi connectivity index (χ2v) is 3.89. The van der Waals surface area contributed by atoms with Crippen LogP contribution in [0.5, 0.6) is 0 Å². The molecule has 4 nitrogen and oxygen atoms in total. The van der Waals surface area contributed by atoms with Gasteiger partial charge in [-0.15, -0.1) is 0 Å². The number of hydrogen-bond acceptors (Lipinski definition) is 3. The van der Waals surface area contributed by atoms with Crippen LogP contribution >= 0.6 is 0 Å². The summed E-state index contributed by atoms with van der Waals surface area (Å²) in [5.41, 5.74) is 0.599. The molecule has 0 aromatic carbocycles. The van der Waals surface area contributed by atoms with Crippen LogP contribution in [-0.4, -0.2) is 16.6 Å². The average Bonchev–Trinajstić information content (AvgIpc) is 2.11. The van der Waals surface area contributed by atoms with Crippen LogP contribution in [0.2, 0.25) is 0 Å². The van der Waals surface area contributed by atoms with E-state index in [2.05, 4.69) is 9.97 Å². The van der Waals surface area contributed by atoms with Crippen LogP contribution in [0.4, 0.5) is 0 Å². The Labute approximate surface area is 89.7 Å². The number of ether oxygens (including phenoxy) is 1. The fourth-order valence-corrected chi connectivity index (χ4v) is 1.50. The molecule has 4 heteroatoms. The predicted molar refractivity (Wildman–Crippen MR) is 58.8 cm³/mol. The first-order valence-corrected chi connectivity index (χ1v) is 5.24. The van der Waals surface area contributed by atoms with Crippen molar-refractivity contribution in [1.29, 1.82) is 0 Å². The third-order valence-corrected chi connectivity index (χ3v) is 2.11. The molecule has 0 aliphatic heterocycles. The Bertz CT molecular complexity index is 371. The summed E-state index contributed by atoms with van der Waals surface area (Å²) in [5, 5.41) is 0. The number of nitrogens with one attached hydrogen (secondary N) is 1. The van der Waals surface area contributed by atoms with E-state index in [4.69, 9.17) is 4.74 Å². The van der Waals surface area contributed by atoms with Crippen molar-refractivity contribution in [2.24, 2.45) is 5.92 Å². The third-order valence-electron chi connectivity index (χ3n) is 2.11. The summed E-state index contributed by atoms with van der Waals surface area (Å²) in [7, 11) is 0. The predicted octanol–water partition coefficient (Wildman–Crippen LogP) is 1.81. The molecule has 1 aromatic rings. The molecular formula is C11H18N2O2. The molecule has 0 amide bonds. The SMILES string of the molecule is CCOC(c1nc(C)cc(=O)[nH]1)C(C)C. The number of aromatic nitrogens is 2. The smallest absolute Gasteiger partial charge is 0.251 e. The highest BCUT2D eigenvalue weighted by Crippen LogP contribution is 2.21. The molecule has 1 rings (SSSR count). The van der Waals surface area contributed by atoms with Gasteiger partial charge in [-0.1, -0.05) is 13.8 Å². The minimum absolute atomic E-state index is 0.122. The molecule has 0 bridgehead atoms. The standard InChI is InChI=1S/C11H18N2O2/c1-5-15-10(7(2)3)11-12-8(4)6-9(14)13-11/h6-7,10H,5H2,1-4H3,(H,12,13,14). The van der Waals surface area contributed by atoms with E-state index in [1.54, 1.807) is 0 Å². The second kappa shape index (κ2) is 5.07. The van der Waals surface area contributed by atoms with Crippen LogP contribution in [0.15, 0.2) is 10.9 Å². The Hall–Kier alpha value is -1.16. The van der Waals surface area contributed by atoms with Gasteiger partial charge in [0.05, 0.1) is 0 Å². The lowest BCUT2D eigenvalue weighted by atomic mass is 10.1. The Kier molecular flexibility index (Phi) is 4.03. The van der Waals surface area contributed by atoms with Crippen molar-refractivity contribution >= 4 is 0 Å². The third kappa shape index (κ3) is 3.16. The second-order valence-electron chi connectivity index (χ2n) is 3.89. The molecule has 0 radical (unpaired) electrons. The lowest BCUT2D eigenvalue weighted by molar-refractivity contribution is 0.0229. The number of aryl methyl sites for hydroxylation is 1. The molecule has 1 N–H and O–H groups in total. The van der Waals surface area contributed by atoms with E-state index in [0.717, 1.165) is 5.69 Å². The summed E-state index contributed by atoms with van der Waals surface area (Å²) in [4.78, 5) is 18.3. The summed E-state index contributed by atoms with van der Waals surface area (Å²) in [6.45, 7) is 8.44. The van der Waals surface area contributed by atoms with Crippen LogP contribution in [0.25, 0.3) is 0 Å². The highest BCUT2D eigenvalue weighted by Gasteiger charge is 2.18. The molecule has 1 unspecified atom stereocenters. The molecule has 0 aliphatic rings. The van der Waals surface area contributed by atoms with Crippen molar-refractivity contribution in [2.45, 2.75) is 33.8 Å². The zero-order valence-electron chi connectivity index (χ0n) is 9.70. The summed E-state index contributed by atoms with van der Waals surface area (Å²) < 4.78 is 5.57. The van der Waals surface area contributed by atoms with Crippen LogP contribution in [0, 0.1) is 12.8 Å². The number of nitrogens with zero attached hydrogens (tertiary/aromatic N) is 1. The van der Waals surface area contributed by atoms with Gasteiger partial charge >= 0.3 is 0 Å². The molecule has 1 atom stereocenters. The van der Waals surface area contributed by atoms with Crippen LogP contribution in [-0.2, 0) is 4.74 Å². The normalized spacial score (nSPS) is 13.1. The molecule has 1 heterocycles. The molecule has 0 spiro atoms. The molecule has 15 heavy (non-hydrogen) atoms. The minimum atomic E-state index is -0.136. The largest absolute Gasteiger partial charge is 0.370 e. The topological polar surface area (TPSA) is 55.0 Å². The van der Waals surface area contributed by atoms with E-state index in [0.29, 0.717) is 12.4 Å². The zero-order chi connectivity index (χ0) is 11.4. The summed E-state index contributed by atoms with van der Waals surface area (Å²) in [6.07, 6.45) is -0.136. The molecule has 0 aliphatic carbocycles. The fourth-order valence-electron chi connectivity index (χ4n) is 1.50. The molecule has 1 aromatic heterocycles. The zero-order valence-corrected chi connectivity index (χ0v) is 9.70. The summed E-state index contributed by atoms with van der Waals surface area (Å²) in [6, 6.07) is 1.48. The Morgan fingerprint density at radius 3 is 2.67 bits per heavy atom. The quantitative estimate of drug-likeness (QED) is 0.824. The van der Waals surface area contributed by atoms with Gasteiger partial charge in [0.1, 0.15) is 11.9 Å². The Morgan fingerprint density at radius 2 is 2.20 bits per heavy atom. The van der Waals surface area contributed by atoms with Gasteiger partial charge in [-0.05, 0) is 19.8 Å². The molecule has 84 valence electrons. The lowest BCUT2D eigenvalue weighted by Crippen LogP contribution is -2.20. The first-order chi connectivity index (χ1) is 7.04. The number of H-pyrrole nitrogens is 1. The van der Waals surface area contributed by atoms with Gasteiger partial charge in [0.2, 0.25) is 0 Å². The monoisotopic (exact) mass is 210 g/mol. The lowest BCUT2D eigenvalue weighted by Gasteiger charge is -2.19. The van der Waals surface area contributed by atoms with Gasteiger partial charge in [-0.3, -0.25) is 4.79 Å². The summed E-state index contributed by atoms with van der Waals surface area (Å²) in [5.74, 6) is 0.909. The van der Waals surface area contributed by atoms with E-state index in [9.17, 15) is 4.79 Å². The van der Waals surface area contributed by atoms with Crippen LogP contribution in [0.1, 0.15) is 38.4 Å². The van der Waals surface area contributed by atoms with Crippen LogP contribution < -0.4 is 5.56 Å². The van der Waals surface area contributed by atoms with Crippen LogP contribution in [0.3, 0.4) is 0 Å². The van der Waals surface area contributed by atoms with Gasteiger partial charge in [-0.25, -0.2) is 4.98 Å². The first kappa shape index (κ1) is 11.9. The van der Waals surface area contributed by atoms with E-state index < -0.39 is 0 Å². The van der Waals surface area contributed by atoms with E-state index in [1.807, 2.05) is 27.7 Å². The van der Waals surface area contributed by atoms with Gasteiger partial charge in [0, 0.05) is 18.4 Å². The highest BCUT2D eigenvalue weighted by atomic mass is 16.5. The maximum Gasteiger partial charge on any atom is 0.251 e. The van der Waals surface area contributed by atoms with Crippen molar-refractivity contribution in [3.8, 4) is 0 Å². The molecular weight excluding hydrogens is 192 g/mol. The molecule has 0 fully saturated rings. The van der Waals surface area contributed by atoms with E-state index in [-0.39, 0.29) is 17.6 Å². The number of rotatable bonds is 4. The van der Waals surface area contributed by atoms with Crippen molar-refractivity contribution in [3.05, 3.63) is 27.9 Å². The fraction of sp³-hybridized carbons (Fsp3) is 0.636. The van der Waals surface area contributed by atoms with Gasteiger partial charge in [0.25, 0.3) is 5.56 Å². The van der Waals surface area contributed by atoms with Crippen molar-refractivity contribution in [3.63, 3.8) is 0 Å². The van der Waals surface area contributed by atoms with E-state index >= 15 is 0 Å². The van der Waals surface area contributed by atoms with Crippen molar-refractivity contribution < 1.29 is 4.74 Å². The maximum absolute atomic E-state index is 11.3. The van der Waals surface area contributed by atoms with E-state index in [1.165, 1.54) is 6.07 Å². The Morgan fingerprint density at radius 1 is 1.53 bits per heavy atom. The molecule has 0 saturated carbocycles. The first-order valence-electron chi connectivity index (χ1n) is 5.24. The van der Waals surface area contributed by atoms with Gasteiger partial charge in [0.15, 0.2) is 0 Å². The average molecular weight is 210 g/mol. The number of aromatic amines is 1. The van der Waals surface area contributed by atoms with Gasteiger partial charge < -0.3 is 9.72 Å². The van der Waals surface area contributed by atoms with Crippen molar-refractivity contribution in [1.82, 2.24) is 9.97 Å². The van der Waals surface area contributed by atoms with Crippen molar-refractivity contribution in [2.75, 3.05) is 6.61 Å². The maximum atomic E-state index is 11.3. The number of hydrogen-bond donors (Lipinski definition) is 1. The minimum Gasteiger partial charge on any atom is -0.370 e. The Balaban J connectivity index is 3.05. The highest BCUT2D eigenvalue weighted by molar-refractivity contribution is 5.03. The molecule has 0 saturated heterocycles.